The van der Waals surface area contributed by atoms with Crippen molar-refractivity contribution in [1.29, 1.82) is 5.26 Å². The van der Waals surface area contributed by atoms with Crippen LogP contribution in [-0.4, -0.2) is 29.4 Å². The van der Waals surface area contributed by atoms with Gasteiger partial charge in [-0.05, 0) is 43.9 Å². The van der Waals surface area contributed by atoms with Gasteiger partial charge in [-0.1, -0.05) is 11.6 Å². The summed E-state index contributed by atoms with van der Waals surface area (Å²) >= 11 is 5.99. The number of halogens is 1. The summed E-state index contributed by atoms with van der Waals surface area (Å²) in [6, 6.07) is 6.42. The number of primary amides is 1. The summed E-state index contributed by atoms with van der Waals surface area (Å²) in [4.78, 5) is 25.3. The van der Waals surface area contributed by atoms with Crippen LogP contribution >= 0.6 is 11.6 Å². The van der Waals surface area contributed by atoms with Crippen molar-refractivity contribution in [2.45, 2.75) is 32.2 Å². The van der Waals surface area contributed by atoms with Crippen LogP contribution in [0.4, 0.5) is 10.5 Å². The first-order valence-corrected chi connectivity index (χ1v) is 7.85. The Morgan fingerprint density at radius 1 is 1.52 bits per heavy atom. The lowest BCUT2D eigenvalue weighted by Gasteiger charge is -2.29. The quantitative estimate of drug-likeness (QED) is 0.836. The molecule has 1 aromatic carbocycles. The molecule has 23 heavy (non-hydrogen) atoms. The van der Waals surface area contributed by atoms with Gasteiger partial charge in [0.25, 0.3) is 0 Å². The monoisotopic (exact) mass is 334 g/mol. The Morgan fingerprint density at radius 2 is 2.22 bits per heavy atom. The van der Waals surface area contributed by atoms with E-state index in [2.05, 4.69) is 11.4 Å². The Balaban J connectivity index is 2.09. The molecule has 0 unspecified atom stereocenters. The molecule has 1 aliphatic carbocycles. The van der Waals surface area contributed by atoms with Gasteiger partial charge in [-0.25, -0.2) is 4.79 Å². The fourth-order valence-corrected chi connectivity index (χ4v) is 2.76. The molecule has 0 saturated heterocycles. The lowest BCUT2D eigenvalue weighted by atomic mass is 10.1. The minimum atomic E-state index is -0.620. The maximum atomic E-state index is 12.5. The number of nitrogens with zero attached hydrogens (tertiary/aromatic N) is 2. The highest BCUT2D eigenvalue weighted by Crippen LogP contribution is 2.35. The summed E-state index contributed by atoms with van der Waals surface area (Å²) in [6.07, 6.45) is 2.50. The molecule has 0 aliphatic heterocycles. The van der Waals surface area contributed by atoms with E-state index >= 15 is 0 Å². The zero-order valence-electron chi connectivity index (χ0n) is 12.9. The maximum absolute atomic E-state index is 12.5. The van der Waals surface area contributed by atoms with Gasteiger partial charge in [0, 0.05) is 18.3 Å². The number of nitrogens with one attached hydrogen (secondary N) is 1. The Morgan fingerprint density at radius 3 is 2.74 bits per heavy atom. The van der Waals surface area contributed by atoms with E-state index in [1.807, 2.05) is 6.92 Å². The van der Waals surface area contributed by atoms with E-state index in [-0.39, 0.29) is 29.1 Å². The largest absolute Gasteiger partial charge is 0.366 e. The molecule has 3 amide bonds. The lowest BCUT2D eigenvalue weighted by molar-refractivity contribution is 0.100. The normalized spacial score (nSPS) is 14.7. The first kappa shape index (κ1) is 17.1. The summed E-state index contributed by atoms with van der Waals surface area (Å²) < 4.78 is 0. The van der Waals surface area contributed by atoms with Crippen LogP contribution < -0.4 is 11.1 Å². The average Bonchev–Trinajstić information content (AvgIpc) is 3.31. The number of nitrogens with two attached hydrogens (primary N) is 1. The van der Waals surface area contributed by atoms with Crippen molar-refractivity contribution in [2.75, 3.05) is 11.9 Å². The van der Waals surface area contributed by atoms with Crippen LogP contribution in [0, 0.1) is 17.2 Å². The van der Waals surface area contributed by atoms with Crippen molar-refractivity contribution < 1.29 is 9.59 Å². The molecule has 6 nitrogen and oxygen atoms in total. The second-order valence-corrected chi connectivity index (χ2v) is 6.08. The van der Waals surface area contributed by atoms with Crippen LogP contribution in [0.15, 0.2) is 18.2 Å². The molecule has 1 saturated carbocycles. The summed E-state index contributed by atoms with van der Waals surface area (Å²) in [5, 5.41) is 11.7. The number of carbonyl (C=O) groups is 2. The van der Waals surface area contributed by atoms with E-state index in [0.717, 1.165) is 12.8 Å². The number of rotatable bonds is 6. The van der Waals surface area contributed by atoms with Crippen LogP contribution in [0.1, 0.15) is 36.5 Å². The molecular weight excluding hydrogens is 316 g/mol. The number of nitriles is 1. The van der Waals surface area contributed by atoms with Crippen molar-refractivity contribution in [3.05, 3.63) is 28.8 Å². The number of carbonyl (C=O) groups excluding carboxylic acids is 2. The van der Waals surface area contributed by atoms with Crippen molar-refractivity contribution in [3.63, 3.8) is 0 Å². The molecule has 1 aromatic rings. The van der Waals surface area contributed by atoms with Gasteiger partial charge < -0.3 is 16.0 Å². The molecule has 7 heteroatoms. The second-order valence-electron chi connectivity index (χ2n) is 5.67. The molecule has 0 bridgehead atoms. The number of hydrogen-bond acceptors (Lipinski definition) is 3. The van der Waals surface area contributed by atoms with Gasteiger partial charge in [-0.3, -0.25) is 4.79 Å². The topological polar surface area (TPSA) is 99.2 Å². The van der Waals surface area contributed by atoms with Crippen molar-refractivity contribution in [1.82, 2.24) is 4.90 Å². The molecule has 1 fully saturated rings. The minimum absolute atomic E-state index is 0.0868. The van der Waals surface area contributed by atoms with Gasteiger partial charge in [0.1, 0.15) is 0 Å². The zero-order valence-corrected chi connectivity index (χ0v) is 13.6. The molecule has 1 aliphatic rings. The molecule has 0 spiro atoms. The van der Waals surface area contributed by atoms with Crippen LogP contribution in [-0.2, 0) is 0 Å². The molecule has 0 radical (unpaired) electrons. The molecule has 1 atom stereocenters. The number of hydrogen-bond donors (Lipinski definition) is 2. The molecule has 122 valence electrons. The fraction of sp³-hybridized carbons (Fsp3) is 0.438. The Labute approximate surface area is 140 Å². The zero-order chi connectivity index (χ0) is 17.0. The minimum Gasteiger partial charge on any atom is -0.366 e. The molecule has 3 N–H and O–H groups in total. The smallest absolute Gasteiger partial charge is 0.322 e. The predicted molar refractivity (Wildman–Crippen MR) is 88.1 cm³/mol. The highest BCUT2D eigenvalue weighted by atomic mass is 35.5. The Bertz CT molecular complexity index is 652. The van der Waals surface area contributed by atoms with Crippen LogP contribution in [0.25, 0.3) is 0 Å². The van der Waals surface area contributed by atoms with E-state index < -0.39 is 5.91 Å². The van der Waals surface area contributed by atoms with E-state index in [4.69, 9.17) is 22.6 Å². The van der Waals surface area contributed by atoms with Gasteiger partial charge in [0.2, 0.25) is 5.91 Å². The summed E-state index contributed by atoms with van der Waals surface area (Å²) in [5.74, 6) is -0.119. The van der Waals surface area contributed by atoms with Crippen molar-refractivity contribution >= 4 is 29.2 Å². The first-order chi connectivity index (χ1) is 10.9. The summed E-state index contributed by atoms with van der Waals surface area (Å²) in [5.41, 5.74) is 5.89. The van der Waals surface area contributed by atoms with Crippen LogP contribution in [0.5, 0.6) is 0 Å². The van der Waals surface area contributed by atoms with Crippen molar-refractivity contribution in [3.8, 4) is 6.07 Å². The molecule has 2 rings (SSSR count). The van der Waals surface area contributed by atoms with Crippen LogP contribution in [0.2, 0.25) is 5.02 Å². The second kappa shape index (κ2) is 7.34. The van der Waals surface area contributed by atoms with Gasteiger partial charge >= 0.3 is 6.03 Å². The van der Waals surface area contributed by atoms with Gasteiger partial charge in [-0.15, -0.1) is 0 Å². The average molecular weight is 335 g/mol. The third kappa shape index (κ3) is 4.36. The molecule has 0 aromatic heterocycles. The van der Waals surface area contributed by atoms with Crippen molar-refractivity contribution in [2.24, 2.45) is 11.7 Å². The maximum Gasteiger partial charge on any atom is 0.322 e. The van der Waals surface area contributed by atoms with E-state index in [1.54, 1.807) is 11.0 Å². The Kier molecular flexibility index (Phi) is 5.45. The first-order valence-electron chi connectivity index (χ1n) is 7.48. The number of benzene rings is 1. The summed E-state index contributed by atoms with van der Waals surface area (Å²) in [6.45, 7) is 2.38. The highest BCUT2D eigenvalue weighted by molar-refractivity contribution is 6.34. The predicted octanol–water partition coefficient (Wildman–Crippen LogP) is 2.98. The number of urea groups is 1. The van der Waals surface area contributed by atoms with Gasteiger partial charge in [0.15, 0.2) is 0 Å². The van der Waals surface area contributed by atoms with Crippen LogP contribution in [0.3, 0.4) is 0 Å². The third-order valence-electron chi connectivity index (χ3n) is 4.01. The van der Waals surface area contributed by atoms with Gasteiger partial charge in [-0.2, -0.15) is 5.26 Å². The SMILES string of the molecule is C[C@H](C1CC1)N(CCC#N)C(=O)Nc1ccc(C(N)=O)c(Cl)c1. The summed E-state index contributed by atoms with van der Waals surface area (Å²) in [7, 11) is 0. The van der Waals surface area contributed by atoms with E-state index in [0.29, 0.717) is 18.2 Å². The van der Waals surface area contributed by atoms with E-state index in [9.17, 15) is 9.59 Å². The Hall–Kier alpha value is -2.26. The fourth-order valence-electron chi connectivity index (χ4n) is 2.48. The van der Waals surface area contributed by atoms with Gasteiger partial charge in [0.05, 0.1) is 23.1 Å². The lowest BCUT2D eigenvalue weighted by Crippen LogP contribution is -2.43. The molecule has 0 heterocycles. The van der Waals surface area contributed by atoms with E-state index in [1.165, 1.54) is 12.1 Å². The third-order valence-corrected chi connectivity index (χ3v) is 4.32. The molecular formula is C16H19ClN4O2. The highest BCUT2D eigenvalue weighted by Gasteiger charge is 2.34. The number of amides is 3. The standard InChI is InChI=1S/C16H19ClN4O2/c1-10(11-3-4-11)21(8-2-7-18)16(23)20-12-5-6-13(15(19)22)14(17)9-12/h5-6,9-11H,2-4,8H2,1H3,(H2,19,22)(H,20,23)/t10-/m1/s1. The number of anilines is 1.